The van der Waals surface area contributed by atoms with Gasteiger partial charge < -0.3 is 20.3 Å². The second-order valence-electron chi connectivity index (χ2n) is 7.86. The van der Waals surface area contributed by atoms with Crippen molar-refractivity contribution in [2.45, 2.75) is 32.4 Å². The number of hydrogen-bond donors (Lipinski definition) is 3. The molecule has 1 aliphatic heterocycles. The van der Waals surface area contributed by atoms with Crippen molar-refractivity contribution in [1.82, 2.24) is 25.8 Å². The van der Waals surface area contributed by atoms with Crippen LogP contribution in [0.4, 0.5) is 5.69 Å². The van der Waals surface area contributed by atoms with E-state index in [2.05, 4.69) is 61.9 Å². The summed E-state index contributed by atoms with van der Waals surface area (Å²) in [6, 6.07) is 16.8. The third kappa shape index (κ3) is 5.57. The number of methoxy groups -OCH3 is 1. The van der Waals surface area contributed by atoms with E-state index in [9.17, 15) is 0 Å². The average Bonchev–Trinajstić information content (AvgIpc) is 3.38. The first-order valence-corrected chi connectivity index (χ1v) is 11.1. The molecule has 3 aromatic rings. The van der Waals surface area contributed by atoms with E-state index in [0.717, 1.165) is 61.1 Å². The number of ether oxygens (including phenoxy) is 1. The molecule has 0 radical (unpaired) electrons. The van der Waals surface area contributed by atoms with E-state index >= 15 is 0 Å². The van der Waals surface area contributed by atoms with Gasteiger partial charge in [-0.15, -0.1) is 0 Å². The van der Waals surface area contributed by atoms with Crippen LogP contribution in [0.2, 0.25) is 0 Å². The summed E-state index contributed by atoms with van der Waals surface area (Å²) in [5.74, 6) is 2.50. The zero-order valence-electron chi connectivity index (χ0n) is 18.7. The smallest absolute Gasteiger partial charge is 0.191 e. The number of H-pyrrole nitrogens is 1. The fourth-order valence-corrected chi connectivity index (χ4v) is 3.98. The van der Waals surface area contributed by atoms with Gasteiger partial charge in [-0.3, -0.25) is 5.10 Å². The van der Waals surface area contributed by atoms with Crippen molar-refractivity contribution in [2.75, 3.05) is 31.6 Å². The number of anilines is 1. The van der Waals surface area contributed by atoms with E-state index in [-0.39, 0.29) is 0 Å². The molecule has 0 saturated carbocycles. The summed E-state index contributed by atoms with van der Waals surface area (Å²) in [5, 5.41) is 13.9. The van der Waals surface area contributed by atoms with Crippen LogP contribution in [0.1, 0.15) is 25.3 Å². The Kier molecular flexibility index (Phi) is 7.22. The zero-order valence-corrected chi connectivity index (χ0v) is 18.7. The van der Waals surface area contributed by atoms with Gasteiger partial charge in [-0.05, 0) is 43.5 Å². The van der Waals surface area contributed by atoms with Crippen LogP contribution in [-0.4, -0.2) is 53.9 Å². The Morgan fingerprint density at radius 1 is 1.25 bits per heavy atom. The van der Waals surface area contributed by atoms with Gasteiger partial charge in [0.25, 0.3) is 0 Å². The lowest BCUT2D eigenvalue weighted by molar-refractivity contribution is 0.414. The maximum atomic E-state index is 5.39. The molecule has 2 aromatic carbocycles. The second-order valence-corrected chi connectivity index (χ2v) is 7.86. The first kappa shape index (κ1) is 21.7. The van der Waals surface area contributed by atoms with Crippen molar-refractivity contribution in [1.29, 1.82) is 0 Å². The van der Waals surface area contributed by atoms with Gasteiger partial charge in [-0.25, -0.2) is 9.98 Å². The van der Waals surface area contributed by atoms with E-state index in [1.165, 1.54) is 12.0 Å². The topological polar surface area (TPSA) is 90.5 Å². The normalized spacial score (nSPS) is 16.6. The standard InChI is InChI=1S/C24H31N7O/c1-3-25-24(26-15-18-7-4-8-19(13-18)23-27-17-28-30-23)29-20-9-6-12-31(16-20)21-10-5-11-22(14-21)32-2/h4-5,7-8,10-11,13-14,17,20H,3,6,9,12,15-16H2,1-2H3,(H2,25,26,29)(H,27,28,30). The molecule has 0 amide bonds. The molecule has 32 heavy (non-hydrogen) atoms. The summed E-state index contributed by atoms with van der Waals surface area (Å²) in [6.45, 7) is 5.47. The highest BCUT2D eigenvalue weighted by atomic mass is 16.5. The zero-order chi connectivity index (χ0) is 22.2. The Balaban J connectivity index is 1.41. The fraction of sp³-hybridized carbons (Fsp3) is 0.375. The number of aromatic nitrogens is 3. The summed E-state index contributed by atoms with van der Waals surface area (Å²) in [5.41, 5.74) is 3.33. The number of rotatable bonds is 7. The number of hydrogen-bond acceptors (Lipinski definition) is 5. The minimum Gasteiger partial charge on any atom is -0.497 e. The van der Waals surface area contributed by atoms with Crippen LogP contribution in [0.25, 0.3) is 11.4 Å². The van der Waals surface area contributed by atoms with Crippen molar-refractivity contribution < 1.29 is 4.74 Å². The maximum Gasteiger partial charge on any atom is 0.191 e. The van der Waals surface area contributed by atoms with Crippen LogP contribution in [0.5, 0.6) is 5.75 Å². The third-order valence-corrected chi connectivity index (χ3v) is 5.56. The predicted octanol–water partition coefficient (Wildman–Crippen LogP) is 3.20. The van der Waals surface area contributed by atoms with Crippen LogP contribution < -0.4 is 20.3 Å². The third-order valence-electron chi connectivity index (χ3n) is 5.56. The van der Waals surface area contributed by atoms with Crippen LogP contribution in [0.15, 0.2) is 59.9 Å². The van der Waals surface area contributed by atoms with Gasteiger partial charge in [0.1, 0.15) is 12.1 Å². The molecule has 2 heterocycles. The van der Waals surface area contributed by atoms with E-state index in [4.69, 9.17) is 9.73 Å². The Morgan fingerprint density at radius 2 is 2.16 bits per heavy atom. The average molecular weight is 434 g/mol. The monoisotopic (exact) mass is 433 g/mol. The van der Waals surface area contributed by atoms with E-state index in [0.29, 0.717) is 12.6 Å². The van der Waals surface area contributed by atoms with E-state index in [1.807, 2.05) is 24.3 Å². The van der Waals surface area contributed by atoms with Gasteiger partial charge in [0.05, 0.1) is 13.7 Å². The van der Waals surface area contributed by atoms with Gasteiger partial charge in [0, 0.05) is 43.0 Å². The maximum absolute atomic E-state index is 5.39. The van der Waals surface area contributed by atoms with Gasteiger partial charge in [-0.1, -0.05) is 24.3 Å². The predicted molar refractivity (Wildman–Crippen MR) is 128 cm³/mol. The molecule has 8 nitrogen and oxygen atoms in total. The summed E-state index contributed by atoms with van der Waals surface area (Å²) in [7, 11) is 1.71. The molecule has 3 N–H and O–H groups in total. The molecule has 8 heteroatoms. The molecular formula is C24H31N7O. The summed E-state index contributed by atoms with van der Waals surface area (Å²) < 4.78 is 5.39. The number of guanidine groups is 1. The Labute approximate surface area is 189 Å². The first-order chi connectivity index (χ1) is 15.7. The summed E-state index contributed by atoms with van der Waals surface area (Å²) >= 11 is 0. The fourth-order valence-electron chi connectivity index (χ4n) is 3.98. The number of nitrogens with one attached hydrogen (secondary N) is 3. The minimum absolute atomic E-state index is 0.327. The van der Waals surface area contributed by atoms with Crippen molar-refractivity contribution >= 4 is 11.6 Å². The lowest BCUT2D eigenvalue weighted by Crippen LogP contribution is -2.51. The van der Waals surface area contributed by atoms with Gasteiger partial charge in [-0.2, -0.15) is 5.10 Å². The largest absolute Gasteiger partial charge is 0.497 e. The number of aromatic amines is 1. The highest BCUT2D eigenvalue weighted by Gasteiger charge is 2.21. The van der Waals surface area contributed by atoms with Crippen molar-refractivity contribution in [3.8, 4) is 17.1 Å². The molecule has 1 fully saturated rings. The molecule has 1 aromatic heterocycles. The molecule has 4 rings (SSSR count). The quantitative estimate of drug-likeness (QED) is 0.392. The van der Waals surface area contributed by atoms with Gasteiger partial charge >= 0.3 is 0 Å². The molecule has 1 unspecified atom stereocenters. The molecule has 168 valence electrons. The molecule has 1 atom stereocenters. The van der Waals surface area contributed by atoms with Crippen LogP contribution in [-0.2, 0) is 6.54 Å². The Morgan fingerprint density at radius 3 is 2.97 bits per heavy atom. The number of piperidine rings is 1. The lowest BCUT2D eigenvalue weighted by Gasteiger charge is -2.35. The number of aliphatic imine (C=N–C) groups is 1. The van der Waals surface area contributed by atoms with Crippen LogP contribution in [0, 0.1) is 0 Å². The lowest BCUT2D eigenvalue weighted by atomic mass is 10.0. The van der Waals surface area contributed by atoms with Gasteiger partial charge in [0.2, 0.25) is 0 Å². The number of nitrogens with zero attached hydrogens (tertiary/aromatic N) is 4. The van der Waals surface area contributed by atoms with Gasteiger partial charge in [0.15, 0.2) is 11.8 Å². The second kappa shape index (κ2) is 10.7. The van der Waals surface area contributed by atoms with Crippen molar-refractivity contribution in [3.63, 3.8) is 0 Å². The molecule has 0 aliphatic carbocycles. The highest BCUT2D eigenvalue weighted by Crippen LogP contribution is 2.24. The summed E-state index contributed by atoms with van der Waals surface area (Å²) in [6.07, 6.45) is 3.77. The van der Waals surface area contributed by atoms with Crippen molar-refractivity contribution in [2.24, 2.45) is 4.99 Å². The SMILES string of the molecule is CCNC(=NCc1cccc(-c2ncn[nH]2)c1)NC1CCCN(c2cccc(OC)c2)C1. The molecule has 1 aliphatic rings. The molecule has 0 spiro atoms. The minimum atomic E-state index is 0.327. The van der Waals surface area contributed by atoms with E-state index in [1.54, 1.807) is 7.11 Å². The highest BCUT2D eigenvalue weighted by molar-refractivity contribution is 5.80. The molecule has 1 saturated heterocycles. The summed E-state index contributed by atoms with van der Waals surface area (Å²) in [4.78, 5) is 11.5. The van der Waals surface area contributed by atoms with Crippen LogP contribution >= 0.6 is 0 Å². The Hall–Kier alpha value is -3.55. The number of benzene rings is 2. The molecule has 0 bridgehead atoms. The first-order valence-electron chi connectivity index (χ1n) is 11.1. The van der Waals surface area contributed by atoms with Crippen LogP contribution in [0.3, 0.4) is 0 Å². The van der Waals surface area contributed by atoms with Crippen molar-refractivity contribution in [3.05, 3.63) is 60.4 Å². The Bertz CT molecular complexity index is 1020. The van der Waals surface area contributed by atoms with E-state index < -0.39 is 0 Å². The molecular weight excluding hydrogens is 402 g/mol.